The first-order chi connectivity index (χ1) is 10.6. The molecule has 2 N–H and O–H groups in total. The maximum atomic E-state index is 12.9. The number of rotatable bonds is 2. The Morgan fingerprint density at radius 2 is 2.00 bits per heavy atom. The van der Waals surface area contributed by atoms with Gasteiger partial charge in [-0.3, -0.25) is 9.59 Å². The molecule has 1 aromatic heterocycles. The van der Waals surface area contributed by atoms with Gasteiger partial charge in [-0.15, -0.1) is 11.3 Å². The summed E-state index contributed by atoms with van der Waals surface area (Å²) in [4.78, 5) is 28.4. The van der Waals surface area contributed by atoms with Gasteiger partial charge in [0.25, 0.3) is 5.91 Å². The van der Waals surface area contributed by atoms with Crippen LogP contribution in [0.3, 0.4) is 0 Å². The van der Waals surface area contributed by atoms with Crippen molar-refractivity contribution in [2.45, 2.75) is 57.9 Å². The average Bonchev–Trinajstić information content (AvgIpc) is 2.78. The lowest BCUT2D eigenvalue weighted by Crippen LogP contribution is -2.48. The number of thiophene rings is 1. The van der Waals surface area contributed by atoms with E-state index in [1.807, 2.05) is 4.90 Å². The molecule has 22 heavy (non-hydrogen) atoms. The van der Waals surface area contributed by atoms with Gasteiger partial charge in [-0.2, -0.15) is 0 Å². The summed E-state index contributed by atoms with van der Waals surface area (Å²) < 4.78 is 0. The number of hydrogen-bond acceptors (Lipinski definition) is 3. The zero-order chi connectivity index (χ0) is 15.7. The number of nitrogens with zero attached hydrogens (tertiary/aromatic N) is 1. The van der Waals surface area contributed by atoms with Gasteiger partial charge in [0.2, 0.25) is 5.91 Å². The molecule has 1 aromatic rings. The largest absolute Gasteiger partial charge is 0.369 e. The minimum atomic E-state index is -0.285. The number of fused-ring (bicyclic) bond motifs is 1. The Morgan fingerprint density at radius 3 is 2.77 bits per heavy atom. The number of nitrogens with two attached hydrogens (primary N) is 1. The Hall–Kier alpha value is -1.36. The quantitative estimate of drug-likeness (QED) is 0.852. The summed E-state index contributed by atoms with van der Waals surface area (Å²) in [7, 11) is 0. The highest BCUT2D eigenvalue weighted by molar-refractivity contribution is 7.14. The number of hydrogen-bond donors (Lipinski definition) is 1. The monoisotopic (exact) mass is 320 g/mol. The smallest absolute Gasteiger partial charge is 0.264 e. The van der Waals surface area contributed by atoms with Gasteiger partial charge in [0.1, 0.15) is 0 Å². The molecule has 2 atom stereocenters. The summed E-state index contributed by atoms with van der Waals surface area (Å²) in [5.74, 6) is -0.402. The van der Waals surface area contributed by atoms with Crippen LogP contribution < -0.4 is 5.73 Å². The number of piperidine rings is 1. The van der Waals surface area contributed by atoms with Crippen LogP contribution in [0.1, 0.15) is 59.1 Å². The van der Waals surface area contributed by atoms with E-state index in [4.69, 9.17) is 5.73 Å². The molecule has 1 saturated heterocycles. The molecule has 5 heteroatoms. The summed E-state index contributed by atoms with van der Waals surface area (Å²) in [6.45, 7) is 2.53. The van der Waals surface area contributed by atoms with Crippen LogP contribution in [0.4, 0.5) is 0 Å². The lowest BCUT2D eigenvalue weighted by Gasteiger charge is -2.36. The zero-order valence-corrected chi connectivity index (χ0v) is 14.0. The molecule has 0 saturated carbocycles. The maximum Gasteiger partial charge on any atom is 0.264 e. The Bertz CT molecular complexity index is 558. The van der Waals surface area contributed by atoms with E-state index in [-0.39, 0.29) is 23.8 Å². The molecule has 0 aromatic carbocycles. The number of amides is 2. The first kappa shape index (κ1) is 15.5. The minimum absolute atomic E-state index is 0.0801. The highest BCUT2D eigenvalue weighted by Crippen LogP contribution is 2.31. The SMILES string of the molecule is C[C@H]1CC[C@@H](C(N)=O)CN1C(=O)c1cc2c(s1)CCCCC2. The predicted molar refractivity (Wildman–Crippen MR) is 88.0 cm³/mol. The van der Waals surface area contributed by atoms with E-state index in [1.54, 1.807) is 11.3 Å². The first-order valence-corrected chi connectivity index (χ1v) is 9.09. The van der Waals surface area contributed by atoms with Crippen LogP contribution in [-0.2, 0) is 17.6 Å². The van der Waals surface area contributed by atoms with E-state index in [2.05, 4.69) is 13.0 Å². The van der Waals surface area contributed by atoms with Crippen LogP contribution in [0.25, 0.3) is 0 Å². The molecular formula is C17H24N2O2S. The van der Waals surface area contributed by atoms with Gasteiger partial charge in [-0.05, 0) is 57.1 Å². The van der Waals surface area contributed by atoms with Crippen molar-refractivity contribution >= 4 is 23.2 Å². The van der Waals surface area contributed by atoms with Crippen molar-refractivity contribution in [1.82, 2.24) is 4.90 Å². The van der Waals surface area contributed by atoms with Gasteiger partial charge in [-0.25, -0.2) is 0 Å². The maximum absolute atomic E-state index is 12.9. The molecule has 120 valence electrons. The van der Waals surface area contributed by atoms with Crippen molar-refractivity contribution in [3.63, 3.8) is 0 Å². The molecular weight excluding hydrogens is 296 g/mol. The summed E-state index contributed by atoms with van der Waals surface area (Å²) in [6, 6.07) is 2.28. The summed E-state index contributed by atoms with van der Waals surface area (Å²) in [5, 5.41) is 0. The average molecular weight is 320 g/mol. The van der Waals surface area contributed by atoms with Crippen LogP contribution in [0.2, 0.25) is 0 Å². The van der Waals surface area contributed by atoms with Gasteiger partial charge in [0.05, 0.1) is 10.8 Å². The number of aryl methyl sites for hydroxylation is 2. The fraction of sp³-hybridized carbons (Fsp3) is 0.647. The van der Waals surface area contributed by atoms with E-state index in [0.717, 1.165) is 30.6 Å². The van der Waals surface area contributed by atoms with Gasteiger partial charge >= 0.3 is 0 Å². The molecule has 4 nitrogen and oxygen atoms in total. The minimum Gasteiger partial charge on any atom is -0.369 e. The zero-order valence-electron chi connectivity index (χ0n) is 13.1. The highest BCUT2D eigenvalue weighted by atomic mass is 32.1. The molecule has 0 unspecified atom stereocenters. The molecule has 3 rings (SSSR count). The third-order valence-electron chi connectivity index (χ3n) is 5.00. The lowest BCUT2D eigenvalue weighted by atomic mass is 9.93. The molecule has 0 radical (unpaired) electrons. The normalized spacial score (nSPS) is 25.4. The fourth-order valence-electron chi connectivity index (χ4n) is 3.54. The van der Waals surface area contributed by atoms with Gasteiger partial charge in [0.15, 0.2) is 0 Å². The Kier molecular flexibility index (Phi) is 4.52. The topological polar surface area (TPSA) is 63.4 Å². The van der Waals surface area contributed by atoms with E-state index >= 15 is 0 Å². The third-order valence-corrected chi connectivity index (χ3v) is 6.23. The van der Waals surface area contributed by atoms with Crippen molar-refractivity contribution in [3.8, 4) is 0 Å². The molecule has 0 spiro atoms. The lowest BCUT2D eigenvalue weighted by molar-refractivity contribution is -0.123. The third kappa shape index (κ3) is 3.05. The molecule has 2 amide bonds. The van der Waals surface area contributed by atoms with Crippen molar-refractivity contribution in [1.29, 1.82) is 0 Å². The highest BCUT2D eigenvalue weighted by Gasteiger charge is 2.33. The van der Waals surface area contributed by atoms with Gasteiger partial charge < -0.3 is 10.6 Å². The van der Waals surface area contributed by atoms with Crippen LogP contribution in [0.15, 0.2) is 6.07 Å². The van der Waals surface area contributed by atoms with Crippen molar-refractivity contribution in [3.05, 3.63) is 21.4 Å². The van der Waals surface area contributed by atoms with E-state index in [0.29, 0.717) is 6.54 Å². The fourth-order valence-corrected chi connectivity index (χ4v) is 4.75. The molecule has 2 heterocycles. The number of likely N-dealkylation sites (tertiary alicyclic amines) is 1. The first-order valence-electron chi connectivity index (χ1n) is 8.28. The van der Waals surface area contributed by atoms with Crippen LogP contribution in [0.5, 0.6) is 0 Å². The van der Waals surface area contributed by atoms with Gasteiger partial charge in [0, 0.05) is 17.5 Å². The molecule has 2 aliphatic rings. The van der Waals surface area contributed by atoms with Crippen molar-refractivity contribution in [2.75, 3.05) is 6.54 Å². The molecule has 1 aliphatic carbocycles. The Balaban J connectivity index is 1.79. The van der Waals surface area contributed by atoms with Crippen molar-refractivity contribution in [2.24, 2.45) is 11.7 Å². The van der Waals surface area contributed by atoms with E-state index in [9.17, 15) is 9.59 Å². The van der Waals surface area contributed by atoms with Crippen LogP contribution in [-0.4, -0.2) is 29.3 Å². The molecule has 1 aliphatic heterocycles. The number of primary amides is 1. The summed E-state index contributed by atoms with van der Waals surface area (Å²) in [6.07, 6.45) is 7.58. The van der Waals surface area contributed by atoms with Crippen LogP contribution >= 0.6 is 11.3 Å². The summed E-state index contributed by atoms with van der Waals surface area (Å²) >= 11 is 1.65. The van der Waals surface area contributed by atoms with E-state index < -0.39 is 0 Å². The molecule has 1 fully saturated rings. The Labute approximate surface area is 135 Å². The second-order valence-electron chi connectivity index (χ2n) is 6.60. The Morgan fingerprint density at radius 1 is 1.23 bits per heavy atom. The van der Waals surface area contributed by atoms with Gasteiger partial charge in [-0.1, -0.05) is 6.42 Å². The second-order valence-corrected chi connectivity index (χ2v) is 7.74. The molecule has 0 bridgehead atoms. The standard InChI is InChI=1S/C17H24N2O2S/c1-11-7-8-13(16(18)20)10-19(11)17(21)15-9-12-5-3-2-4-6-14(12)22-15/h9,11,13H,2-8,10H2,1H3,(H2,18,20)/t11-,13+/m0/s1. The predicted octanol–water partition coefficient (Wildman–Crippen LogP) is 2.74. The number of carbonyl (C=O) groups excluding carboxylic acids is 2. The van der Waals surface area contributed by atoms with E-state index in [1.165, 1.54) is 29.7 Å². The second kappa shape index (κ2) is 6.41. The van der Waals surface area contributed by atoms with Crippen LogP contribution in [0, 0.1) is 5.92 Å². The summed E-state index contributed by atoms with van der Waals surface area (Å²) in [5.41, 5.74) is 6.80. The van der Waals surface area contributed by atoms with Crippen molar-refractivity contribution < 1.29 is 9.59 Å². The number of carbonyl (C=O) groups is 2.